The normalized spacial score (nSPS) is 14.2. The Kier molecular flexibility index (Phi) is 8.08. The molecule has 3 rings (SSSR count). The van der Waals surface area contributed by atoms with Gasteiger partial charge in [0, 0.05) is 42.3 Å². The lowest BCUT2D eigenvalue weighted by Crippen LogP contribution is -2.35. The Bertz CT molecular complexity index is 1070. The van der Waals surface area contributed by atoms with Gasteiger partial charge in [-0.1, -0.05) is 27.2 Å². The maximum Gasteiger partial charge on any atom is 0.256 e. The fourth-order valence-electron chi connectivity index (χ4n) is 4.44. The molecule has 1 aromatic carbocycles. The summed E-state index contributed by atoms with van der Waals surface area (Å²) >= 11 is 0. The molecule has 0 fully saturated rings. The van der Waals surface area contributed by atoms with Crippen LogP contribution in [0.15, 0.2) is 18.2 Å². The van der Waals surface area contributed by atoms with Gasteiger partial charge in [0.15, 0.2) is 0 Å². The third-order valence-electron chi connectivity index (χ3n) is 6.43. The lowest BCUT2D eigenvalue weighted by molar-refractivity contribution is -0.110. The largest absolute Gasteiger partial charge is 0.351 e. The van der Waals surface area contributed by atoms with E-state index in [1.165, 1.54) is 12.1 Å². The number of rotatable bonds is 10. The van der Waals surface area contributed by atoms with Gasteiger partial charge < -0.3 is 20.1 Å². The van der Waals surface area contributed by atoms with Crippen LogP contribution < -0.4 is 10.6 Å². The molecule has 1 aliphatic heterocycles. The maximum absolute atomic E-state index is 13.9. The quantitative estimate of drug-likeness (QED) is 0.515. The summed E-state index contributed by atoms with van der Waals surface area (Å²) in [6, 6.07) is 4.29. The van der Waals surface area contributed by atoms with Crippen LogP contribution in [-0.4, -0.2) is 47.5 Å². The fraction of sp³-hybridized carbons (Fsp3) is 0.462. The molecule has 0 aliphatic carbocycles. The van der Waals surface area contributed by atoms with E-state index in [0.717, 1.165) is 56.0 Å². The average molecular weight is 455 g/mol. The summed E-state index contributed by atoms with van der Waals surface area (Å²) in [5.41, 5.74) is 4.73. The second-order valence-electron chi connectivity index (χ2n) is 8.46. The molecule has 7 heteroatoms. The highest BCUT2D eigenvalue weighted by molar-refractivity contribution is 6.35. The highest BCUT2D eigenvalue weighted by atomic mass is 19.1. The van der Waals surface area contributed by atoms with Crippen molar-refractivity contribution < 1.29 is 14.0 Å². The standard InChI is InChI=1S/C26H35FN4O2/c1-6-9-13-31-18(5)24(26(33)28-12-14-30(7-2)8-3)17(4)23(31)16-21-20-15-19(27)10-11-22(20)29-25(21)32/h10-11,15-16H,6-9,12-14H2,1-5H3,(H,28,33)(H,29,32)/b21-16-. The zero-order valence-electron chi connectivity index (χ0n) is 20.3. The average Bonchev–Trinajstić information content (AvgIpc) is 3.22. The highest BCUT2D eigenvalue weighted by Gasteiger charge is 2.27. The molecule has 0 bridgehead atoms. The molecule has 0 atom stereocenters. The van der Waals surface area contributed by atoms with Crippen LogP contribution in [0.1, 0.15) is 66.5 Å². The number of nitrogens with zero attached hydrogens (tertiary/aromatic N) is 2. The van der Waals surface area contributed by atoms with Crippen molar-refractivity contribution >= 4 is 29.2 Å². The molecular formula is C26H35FN4O2. The van der Waals surface area contributed by atoms with Gasteiger partial charge in [0.1, 0.15) is 5.82 Å². The van der Waals surface area contributed by atoms with E-state index in [9.17, 15) is 14.0 Å². The van der Waals surface area contributed by atoms with Crippen LogP contribution >= 0.6 is 0 Å². The molecule has 0 saturated carbocycles. The molecule has 0 spiro atoms. The van der Waals surface area contributed by atoms with Crippen molar-refractivity contribution in [3.63, 3.8) is 0 Å². The van der Waals surface area contributed by atoms with E-state index in [0.29, 0.717) is 28.9 Å². The Morgan fingerprint density at radius 2 is 1.94 bits per heavy atom. The molecular weight excluding hydrogens is 419 g/mol. The molecule has 0 unspecified atom stereocenters. The van der Waals surface area contributed by atoms with Gasteiger partial charge in [-0.25, -0.2) is 4.39 Å². The number of amides is 2. The summed E-state index contributed by atoms with van der Waals surface area (Å²) in [5, 5.41) is 5.86. The summed E-state index contributed by atoms with van der Waals surface area (Å²) in [7, 11) is 0. The van der Waals surface area contributed by atoms with Gasteiger partial charge in [-0.15, -0.1) is 0 Å². The van der Waals surface area contributed by atoms with Crippen molar-refractivity contribution in [3.8, 4) is 0 Å². The smallest absolute Gasteiger partial charge is 0.256 e. The third-order valence-corrected chi connectivity index (χ3v) is 6.43. The number of halogens is 1. The first-order chi connectivity index (χ1) is 15.8. The topological polar surface area (TPSA) is 66.4 Å². The molecule has 0 radical (unpaired) electrons. The number of hydrogen-bond donors (Lipinski definition) is 2. The second-order valence-corrected chi connectivity index (χ2v) is 8.46. The Morgan fingerprint density at radius 3 is 2.61 bits per heavy atom. The predicted octanol–water partition coefficient (Wildman–Crippen LogP) is 4.61. The number of anilines is 1. The van der Waals surface area contributed by atoms with Crippen molar-refractivity contribution in [2.75, 3.05) is 31.5 Å². The van der Waals surface area contributed by atoms with Crippen LogP contribution in [0.2, 0.25) is 0 Å². The fourth-order valence-corrected chi connectivity index (χ4v) is 4.44. The first-order valence-corrected chi connectivity index (χ1v) is 11.8. The Labute approximate surface area is 195 Å². The second kappa shape index (κ2) is 10.8. The molecule has 2 heterocycles. The van der Waals surface area contributed by atoms with Gasteiger partial charge in [0.25, 0.3) is 11.8 Å². The van der Waals surface area contributed by atoms with E-state index >= 15 is 0 Å². The number of hydrogen-bond acceptors (Lipinski definition) is 3. The van der Waals surface area contributed by atoms with Gasteiger partial charge in [0.05, 0.1) is 11.1 Å². The molecule has 2 aromatic rings. The molecule has 6 nitrogen and oxygen atoms in total. The van der Waals surface area contributed by atoms with E-state index in [2.05, 4.69) is 40.9 Å². The number of fused-ring (bicyclic) bond motifs is 1. The number of benzene rings is 1. The predicted molar refractivity (Wildman–Crippen MR) is 132 cm³/mol. The molecule has 178 valence electrons. The van der Waals surface area contributed by atoms with Gasteiger partial charge in [-0.05, 0) is 63.2 Å². The van der Waals surface area contributed by atoms with Crippen molar-refractivity contribution in [1.82, 2.24) is 14.8 Å². The van der Waals surface area contributed by atoms with E-state index in [1.807, 2.05) is 13.8 Å². The Hall–Kier alpha value is -2.93. The van der Waals surface area contributed by atoms with Crippen LogP contribution in [0.5, 0.6) is 0 Å². The molecule has 1 aliphatic rings. The molecule has 2 N–H and O–H groups in total. The van der Waals surface area contributed by atoms with Gasteiger partial charge in [-0.3, -0.25) is 9.59 Å². The molecule has 1 aromatic heterocycles. The lowest BCUT2D eigenvalue weighted by Gasteiger charge is -2.18. The monoisotopic (exact) mass is 454 g/mol. The van der Waals surface area contributed by atoms with Gasteiger partial charge in [0.2, 0.25) is 0 Å². The van der Waals surface area contributed by atoms with Crippen molar-refractivity contribution in [2.45, 2.75) is 54.0 Å². The molecule has 2 amide bonds. The highest BCUT2D eigenvalue weighted by Crippen LogP contribution is 2.35. The summed E-state index contributed by atoms with van der Waals surface area (Å²) in [6.07, 6.45) is 3.75. The number of carbonyl (C=O) groups excluding carboxylic acids is 2. The molecule has 33 heavy (non-hydrogen) atoms. The van der Waals surface area contributed by atoms with E-state index < -0.39 is 5.82 Å². The number of likely N-dealkylation sites (N-methyl/N-ethyl adjacent to an activating group) is 1. The summed E-state index contributed by atoms with van der Waals surface area (Å²) < 4.78 is 16.0. The van der Waals surface area contributed by atoms with E-state index in [-0.39, 0.29) is 11.8 Å². The van der Waals surface area contributed by atoms with Crippen LogP contribution in [0, 0.1) is 19.7 Å². The number of unbranched alkanes of at least 4 members (excludes halogenated alkanes) is 1. The minimum absolute atomic E-state index is 0.102. The number of carbonyl (C=O) groups is 2. The van der Waals surface area contributed by atoms with Gasteiger partial charge >= 0.3 is 0 Å². The zero-order valence-corrected chi connectivity index (χ0v) is 20.3. The van der Waals surface area contributed by atoms with Crippen LogP contribution in [0.4, 0.5) is 10.1 Å². The Balaban J connectivity index is 1.99. The number of nitrogens with one attached hydrogen (secondary N) is 2. The first-order valence-electron chi connectivity index (χ1n) is 11.8. The minimum Gasteiger partial charge on any atom is -0.351 e. The SMILES string of the molecule is CCCCn1c(C)c(C(=O)NCCN(CC)CC)c(C)c1/C=C1\C(=O)Nc2ccc(F)cc21. The summed E-state index contributed by atoms with van der Waals surface area (Å²) in [4.78, 5) is 28.1. The van der Waals surface area contributed by atoms with Crippen LogP contribution in [0.3, 0.4) is 0 Å². The third kappa shape index (κ3) is 5.19. The van der Waals surface area contributed by atoms with Crippen LogP contribution in [-0.2, 0) is 11.3 Å². The summed E-state index contributed by atoms with van der Waals surface area (Å²) in [5.74, 6) is -0.755. The van der Waals surface area contributed by atoms with Crippen molar-refractivity contribution in [3.05, 3.63) is 52.1 Å². The van der Waals surface area contributed by atoms with Gasteiger partial charge in [-0.2, -0.15) is 0 Å². The van der Waals surface area contributed by atoms with E-state index in [4.69, 9.17) is 0 Å². The lowest BCUT2D eigenvalue weighted by atomic mass is 10.0. The minimum atomic E-state index is -0.390. The zero-order chi connectivity index (χ0) is 24.1. The van der Waals surface area contributed by atoms with E-state index in [1.54, 1.807) is 12.1 Å². The van der Waals surface area contributed by atoms with Crippen LogP contribution in [0.25, 0.3) is 11.6 Å². The van der Waals surface area contributed by atoms with Crippen molar-refractivity contribution in [1.29, 1.82) is 0 Å². The number of aromatic nitrogens is 1. The van der Waals surface area contributed by atoms with Crippen molar-refractivity contribution in [2.24, 2.45) is 0 Å². The molecule has 0 saturated heterocycles. The first kappa shape index (κ1) is 24.7. The Morgan fingerprint density at radius 1 is 1.21 bits per heavy atom. The summed E-state index contributed by atoms with van der Waals surface area (Å²) in [6.45, 7) is 14.2. The maximum atomic E-state index is 13.9.